The van der Waals surface area contributed by atoms with Crippen molar-refractivity contribution in [2.45, 2.75) is 25.8 Å². The molecule has 2 aromatic carbocycles. The Morgan fingerprint density at radius 3 is 2.39 bits per heavy atom. The fourth-order valence-electron chi connectivity index (χ4n) is 4.46. The highest BCUT2D eigenvalue weighted by molar-refractivity contribution is 6.06. The highest BCUT2D eigenvalue weighted by atomic mass is 19.3. The van der Waals surface area contributed by atoms with Crippen LogP contribution in [0.2, 0.25) is 0 Å². The maximum atomic E-state index is 15.3. The van der Waals surface area contributed by atoms with Crippen molar-refractivity contribution in [2.75, 3.05) is 23.3 Å². The molecule has 1 saturated heterocycles. The van der Waals surface area contributed by atoms with Gasteiger partial charge in [0, 0.05) is 30.9 Å². The molecule has 5 nitrogen and oxygen atoms in total. The molecular formula is C25H22F6N4O. The number of aromatic nitrogens is 1. The molecule has 190 valence electrons. The van der Waals surface area contributed by atoms with Gasteiger partial charge in [-0.1, -0.05) is 6.92 Å². The van der Waals surface area contributed by atoms with Gasteiger partial charge in [0.05, 0.1) is 34.3 Å². The first-order chi connectivity index (χ1) is 17.1. The van der Waals surface area contributed by atoms with Gasteiger partial charge >= 0.3 is 0 Å². The fourth-order valence-corrected chi connectivity index (χ4v) is 4.46. The summed E-state index contributed by atoms with van der Waals surface area (Å²) in [7, 11) is 0. The van der Waals surface area contributed by atoms with E-state index < -0.39 is 57.9 Å². The molecule has 2 atom stereocenters. The number of carbonyl (C=O) groups is 1. The van der Waals surface area contributed by atoms with Crippen molar-refractivity contribution >= 4 is 17.3 Å². The number of nitrogens with two attached hydrogens (primary N) is 1. The monoisotopic (exact) mass is 508 g/mol. The maximum absolute atomic E-state index is 15.3. The summed E-state index contributed by atoms with van der Waals surface area (Å²) < 4.78 is 84.5. The lowest BCUT2D eigenvalue weighted by molar-refractivity contribution is 0.102. The Bertz CT molecular complexity index is 1270. The summed E-state index contributed by atoms with van der Waals surface area (Å²) in [6, 6.07) is 3.64. The number of anilines is 2. The SMILES string of the molecule is C[C@@H]1C[C@H](N)CN(c2ccncc2NC(=O)c2ccc(F)c(-c3c(F)cc(C(F)F)cc3F)c2F)C1. The van der Waals surface area contributed by atoms with Gasteiger partial charge < -0.3 is 16.0 Å². The zero-order valence-corrected chi connectivity index (χ0v) is 19.0. The van der Waals surface area contributed by atoms with Gasteiger partial charge in [-0.05, 0) is 42.7 Å². The summed E-state index contributed by atoms with van der Waals surface area (Å²) >= 11 is 0. The predicted molar refractivity (Wildman–Crippen MR) is 123 cm³/mol. The summed E-state index contributed by atoms with van der Waals surface area (Å²) in [6.45, 7) is 3.20. The molecule has 0 unspecified atom stereocenters. The van der Waals surface area contributed by atoms with Gasteiger partial charge in [-0.2, -0.15) is 0 Å². The number of pyridine rings is 1. The molecule has 36 heavy (non-hydrogen) atoms. The van der Waals surface area contributed by atoms with Gasteiger partial charge in [0.25, 0.3) is 12.3 Å². The molecule has 1 amide bonds. The third-order valence-corrected chi connectivity index (χ3v) is 5.98. The van der Waals surface area contributed by atoms with Gasteiger partial charge in [-0.15, -0.1) is 0 Å². The number of alkyl halides is 2. The number of nitrogens with zero attached hydrogens (tertiary/aromatic N) is 2. The van der Waals surface area contributed by atoms with Crippen LogP contribution >= 0.6 is 0 Å². The van der Waals surface area contributed by atoms with Crippen molar-refractivity contribution in [2.24, 2.45) is 11.7 Å². The van der Waals surface area contributed by atoms with E-state index in [0.29, 0.717) is 37.0 Å². The Morgan fingerprint density at radius 1 is 1.06 bits per heavy atom. The van der Waals surface area contributed by atoms with E-state index in [4.69, 9.17) is 5.73 Å². The number of hydrogen-bond acceptors (Lipinski definition) is 4. The number of amides is 1. The van der Waals surface area contributed by atoms with Crippen molar-refractivity contribution in [3.63, 3.8) is 0 Å². The Labute approximate surface area is 202 Å². The largest absolute Gasteiger partial charge is 0.368 e. The second-order valence-corrected chi connectivity index (χ2v) is 8.80. The number of carbonyl (C=O) groups excluding carboxylic acids is 1. The zero-order chi connectivity index (χ0) is 26.1. The minimum Gasteiger partial charge on any atom is -0.368 e. The number of nitrogens with one attached hydrogen (secondary N) is 1. The van der Waals surface area contributed by atoms with Crippen molar-refractivity contribution in [3.05, 3.63) is 77.1 Å². The smallest absolute Gasteiger partial charge is 0.264 e. The van der Waals surface area contributed by atoms with E-state index in [1.807, 2.05) is 11.8 Å². The van der Waals surface area contributed by atoms with Crippen LogP contribution in [-0.4, -0.2) is 30.0 Å². The average molecular weight is 508 g/mol. The second kappa shape index (κ2) is 10.2. The van der Waals surface area contributed by atoms with Gasteiger partial charge in [-0.3, -0.25) is 9.78 Å². The molecule has 4 rings (SSSR count). The molecule has 1 aromatic heterocycles. The minimum absolute atomic E-state index is 0.0937. The van der Waals surface area contributed by atoms with Crippen molar-refractivity contribution in [1.82, 2.24) is 4.98 Å². The first kappa shape index (κ1) is 25.5. The molecule has 3 aromatic rings. The quantitative estimate of drug-likeness (QED) is 0.436. The first-order valence-corrected chi connectivity index (χ1v) is 11.1. The molecule has 0 spiro atoms. The molecule has 1 aliphatic rings. The molecule has 2 heterocycles. The summed E-state index contributed by atoms with van der Waals surface area (Å²) in [6.07, 6.45) is 0.503. The number of rotatable bonds is 5. The topological polar surface area (TPSA) is 71.2 Å². The highest BCUT2D eigenvalue weighted by Crippen LogP contribution is 2.35. The zero-order valence-electron chi connectivity index (χ0n) is 19.0. The first-order valence-electron chi connectivity index (χ1n) is 11.1. The predicted octanol–water partition coefficient (Wildman–Crippen LogP) is 5.67. The minimum atomic E-state index is -3.19. The lowest BCUT2D eigenvalue weighted by Gasteiger charge is -2.37. The van der Waals surface area contributed by atoms with E-state index in [2.05, 4.69) is 10.3 Å². The van der Waals surface area contributed by atoms with Crippen LogP contribution in [0.4, 0.5) is 37.7 Å². The fraction of sp³-hybridized carbons (Fsp3) is 0.280. The summed E-state index contributed by atoms with van der Waals surface area (Å²) in [4.78, 5) is 18.9. The molecule has 1 aliphatic heterocycles. The van der Waals surface area contributed by atoms with E-state index in [0.717, 1.165) is 12.5 Å². The lowest BCUT2D eigenvalue weighted by Crippen LogP contribution is -2.46. The Kier molecular flexibility index (Phi) is 7.21. The third kappa shape index (κ3) is 5.01. The van der Waals surface area contributed by atoms with Gasteiger partial charge in [-0.25, -0.2) is 26.3 Å². The number of benzene rings is 2. The van der Waals surface area contributed by atoms with Crippen LogP contribution in [0.5, 0.6) is 0 Å². The average Bonchev–Trinajstić information content (AvgIpc) is 2.80. The van der Waals surface area contributed by atoms with Gasteiger partial charge in [0.15, 0.2) is 0 Å². The van der Waals surface area contributed by atoms with E-state index in [-0.39, 0.29) is 17.6 Å². The number of piperidine rings is 1. The highest BCUT2D eigenvalue weighted by Gasteiger charge is 2.28. The van der Waals surface area contributed by atoms with Gasteiger partial charge in [0.1, 0.15) is 23.3 Å². The normalized spacial score (nSPS) is 18.0. The molecule has 0 saturated carbocycles. The van der Waals surface area contributed by atoms with Crippen molar-refractivity contribution in [1.29, 1.82) is 0 Å². The van der Waals surface area contributed by atoms with E-state index in [1.54, 1.807) is 6.07 Å². The number of halogens is 6. The van der Waals surface area contributed by atoms with Crippen LogP contribution in [-0.2, 0) is 0 Å². The van der Waals surface area contributed by atoms with Crippen LogP contribution in [0, 0.1) is 29.2 Å². The molecule has 3 N–H and O–H groups in total. The standard InChI is InChI=1S/C25H22F6N4O/c1-12-6-14(32)11-35(10-12)20-4-5-33-9-19(20)34-25(36)15-2-3-16(26)22(23(15)29)21-17(27)7-13(24(30)31)8-18(21)28/h2-5,7-9,12,14,24H,6,10-11,32H2,1H3,(H,34,36)/t12-,14+/m1/s1. The third-order valence-electron chi connectivity index (χ3n) is 5.98. The Hall–Kier alpha value is -3.60. The number of hydrogen-bond donors (Lipinski definition) is 2. The van der Waals surface area contributed by atoms with E-state index >= 15 is 4.39 Å². The van der Waals surface area contributed by atoms with E-state index in [9.17, 15) is 26.7 Å². The molecule has 1 fully saturated rings. The van der Waals surface area contributed by atoms with Crippen LogP contribution in [0.1, 0.15) is 35.7 Å². The maximum Gasteiger partial charge on any atom is 0.264 e. The molecule has 11 heteroatoms. The molecule has 0 aliphatic carbocycles. The van der Waals surface area contributed by atoms with Crippen LogP contribution < -0.4 is 16.0 Å². The summed E-state index contributed by atoms with van der Waals surface area (Å²) in [5.41, 5.74) is 2.87. The lowest BCUT2D eigenvalue weighted by atomic mass is 9.96. The Balaban J connectivity index is 1.70. The van der Waals surface area contributed by atoms with Crippen LogP contribution in [0.25, 0.3) is 11.1 Å². The van der Waals surface area contributed by atoms with Crippen molar-refractivity contribution in [3.8, 4) is 11.1 Å². The molecule has 0 bridgehead atoms. The van der Waals surface area contributed by atoms with Crippen molar-refractivity contribution < 1.29 is 31.1 Å². The molecular weight excluding hydrogens is 486 g/mol. The second-order valence-electron chi connectivity index (χ2n) is 8.80. The summed E-state index contributed by atoms with van der Waals surface area (Å²) in [5, 5.41) is 2.51. The Morgan fingerprint density at radius 2 is 1.75 bits per heavy atom. The van der Waals surface area contributed by atoms with Gasteiger partial charge in [0.2, 0.25) is 0 Å². The van der Waals surface area contributed by atoms with Crippen LogP contribution in [0.3, 0.4) is 0 Å². The van der Waals surface area contributed by atoms with E-state index in [1.165, 1.54) is 12.4 Å². The summed E-state index contributed by atoms with van der Waals surface area (Å²) in [5.74, 6) is -6.85. The molecule has 0 radical (unpaired) electrons. The van der Waals surface area contributed by atoms with Crippen LogP contribution in [0.15, 0.2) is 42.7 Å².